The highest BCUT2D eigenvalue weighted by Crippen LogP contribution is 2.23. The maximum Gasteiger partial charge on any atom is 0.224 e. The SMILES string of the molecule is CC(C)N(C)c1cccc(NC(=O)C[C@H]2CCS(=O)(=O)C2)c1. The van der Waals surface area contributed by atoms with Gasteiger partial charge < -0.3 is 10.2 Å². The number of hydrogen-bond acceptors (Lipinski definition) is 4. The number of rotatable bonds is 5. The van der Waals surface area contributed by atoms with Crippen LogP contribution in [-0.4, -0.2) is 38.9 Å². The Kier molecular flexibility index (Phi) is 5.11. The lowest BCUT2D eigenvalue weighted by atomic mass is 10.0. The van der Waals surface area contributed by atoms with E-state index >= 15 is 0 Å². The molecule has 1 heterocycles. The summed E-state index contributed by atoms with van der Waals surface area (Å²) in [5.74, 6) is 0.175. The molecule has 1 aliphatic heterocycles. The number of carbonyl (C=O) groups excluding carboxylic acids is 1. The Morgan fingerprint density at radius 2 is 2.14 bits per heavy atom. The number of nitrogens with zero attached hydrogens (tertiary/aromatic N) is 1. The average molecular weight is 324 g/mol. The molecule has 1 atom stereocenters. The van der Waals surface area contributed by atoms with Crippen molar-refractivity contribution in [3.05, 3.63) is 24.3 Å². The van der Waals surface area contributed by atoms with E-state index in [1.165, 1.54) is 0 Å². The van der Waals surface area contributed by atoms with Crippen LogP contribution in [0.4, 0.5) is 11.4 Å². The van der Waals surface area contributed by atoms with Crippen molar-refractivity contribution in [3.8, 4) is 0 Å². The quantitative estimate of drug-likeness (QED) is 0.902. The molecule has 22 heavy (non-hydrogen) atoms. The number of hydrogen-bond donors (Lipinski definition) is 1. The molecule has 1 N–H and O–H groups in total. The molecular formula is C16H24N2O3S. The van der Waals surface area contributed by atoms with E-state index in [-0.39, 0.29) is 29.8 Å². The summed E-state index contributed by atoms with van der Waals surface area (Å²) in [5, 5.41) is 2.87. The van der Waals surface area contributed by atoms with Crippen molar-refractivity contribution in [1.82, 2.24) is 0 Å². The van der Waals surface area contributed by atoms with Crippen molar-refractivity contribution in [1.29, 1.82) is 0 Å². The monoisotopic (exact) mass is 324 g/mol. The van der Waals surface area contributed by atoms with Gasteiger partial charge in [0.1, 0.15) is 0 Å². The van der Waals surface area contributed by atoms with E-state index in [9.17, 15) is 13.2 Å². The number of sulfone groups is 1. The fourth-order valence-corrected chi connectivity index (χ4v) is 4.47. The minimum Gasteiger partial charge on any atom is -0.372 e. The topological polar surface area (TPSA) is 66.5 Å². The molecule has 1 aromatic carbocycles. The lowest BCUT2D eigenvalue weighted by Gasteiger charge is -2.24. The van der Waals surface area contributed by atoms with E-state index in [1.807, 2.05) is 31.3 Å². The predicted octanol–water partition coefficient (Wildman–Crippen LogP) is 2.29. The standard InChI is InChI=1S/C16H24N2O3S/c1-12(2)18(3)15-6-4-5-14(10-15)17-16(19)9-13-7-8-22(20,21)11-13/h4-6,10,12-13H,7-9,11H2,1-3H3,(H,17,19)/t13-/m1/s1. The number of benzene rings is 1. The lowest BCUT2D eigenvalue weighted by molar-refractivity contribution is -0.116. The van der Waals surface area contributed by atoms with Crippen LogP contribution in [0.15, 0.2) is 24.3 Å². The average Bonchev–Trinajstić information content (AvgIpc) is 2.77. The molecule has 1 amide bonds. The molecule has 1 aliphatic rings. The van der Waals surface area contributed by atoms with Crippen LogP contribution < -0.4 is 10.2 Å². The van der Waals surface area contributed by atoms with Crippen molar-refractivity contribution < 1.29 is 13.2 Å². The zero-order valence-corrected chi connectivity index (χ0v) is 14.2. The van der Waals surface area contributed by atoms with Crippen LogP contribution in [0, 0.1) is 5.92 Å². The van der Waals surface area contributed by atoms with E-state index in [4.69, 9.17) is 0 Å². The van der Waals surface area contributed by atoms with Crippen molar-refractivity contribution >= 4 is 27.1 Å². The fraction of sp³-hybridized carbons (Fsp3) is 0.562. The molecule has 0 aliphatic carbocycles. The molecule has 0 bridgehead atoms. The van der Waals surface area contributed by atoms with Gasteiger partial charge in [-0.25, -0.2) is 8.42 Å². The molecule has 0 spiro atoms. The molecule has 1 aromatic rings. The van der Waals surface area contributed by atoms with Crippen LogP contribution in [0.2, 0.25) is 0 Å². The number of carbonyl (C=O) groups is 1. The van der Waals surface area contributed by atoms with Crippen LogP contribution in [0.25, 0.3) is 0 Å². The van der Waals surface area contributed by atoms with Crippen molar-refractivity contribution in [2.24, 2.45) is 5.92 Å². The molecule has 122 valence electrons. The van der Waals surface area contributed by atoms with Gasteiger partial charge in [0.2, 0.25) is 5.91 Å². The largest absolute Gasteiger partial charge is 0.372 e. The minimum absolute atomic E-state index is 0.0495. The first-order chi connectivity index (χ1) is 10.3. The Balaban J connectivity index is 1.96. The second-order valence-corrected chi connectivity index (χ2v) is 8.51. The number of amides is 1. The van der Waals surface area contributed by atoms with Gasteiger partial charge in [0.15, 0.2) is 9.84 Å². The Morgan fingerprint density at radius 1 is 1.41 bits per heavy atom. The highest BCUT2D eigenvalue weighted by atomic mass is 32.2. The van der Waals surface area contributed by atoms with Gasteiger partial charge in [-0.05, 0) is 44.4 Å². The second kappa shape index (κ2) is 6.69. The highest BCUT2D eigenvalue weighted by Gasteiger charge is 2.29. The Hall–Kier alpha value is -1.56. The maximum atomic E-state index is 12.1. The molecule has 1 saturated heterocycles. The summed E-state index contributed by atoms with van der Waals surface area (Å²) in [5.41, 5.74) is 1.78. The fourth-order valence-electron chi connectivity index (χ4n) is 2.61. The summed E-state index contributed by atoms with van der Waals surface area (Å²) < 4.78 is 22.9. The first-order valence-corrected chi connectivity index (χ1v) is 9.42. The maximum absolute atomic E-state index is 12.1. The molecule has 0 unspecified atom stereocenters. The first-order valence-electron chi connectivity index (χ1n) is 7.60. The van der Waals surface area contributed by atoms with Gasteiger partial charge in [0.25, 0.3) is 0 Å². The lowest BCUT2D eigenvalue weighted by Crippen LogP contribution is -2.25. The summed E-state index contributed by atoms with van der Waals surface area (Å²) in [6, 6.07) is 8.06. The predicted molar refractivity (Wildman–Crippen MR) is 90.0 cm³/mol. The third-order valence-corrected chi connectivity index (χ3v) is 5.95. The minimum atomic E-state index is -2.93. The highest BCUT2D eigenvalue weighted by molar-refractivity contribution is 7.91. The van der Waals surface area contributed by atoms with Crippen LogP contribution in [0.3, 0.4) is 0 Å². The molecule has 5 nitrogen and oxygen atoms in total. The Morgan fingerprint density at radius 3 is 2.73 bits per heavy atom. The molecule has 0 saturated carbocycles. The summed E-state index contributed by atoms with van der Waals surface area (Å²) in [6.45, 7) is 4.21. The molecule has 0 aromatic heterocycles. The Labute approximate surface area is 132 Å². The van der Waals surface area contributed by atoms with Crippen LogP contribution in [0.5, 0.6) is 0 Å². The normalized spacial score (nSPS) is 20.1. The summed E-state index contributed by atoms with van der Waals surface area (Å²) in [4.78, 5) is 14.2. The molecular weight excluding hydrogens is 300 g/mol. The number of anilines is 2. The van der Waals surface area contributed by atoms with Crippen LogP contribution >= 0.6 is 0 Å². The zero-order valence-electron chi connectivity index (χ0n) is 13.4. The first kappa shape index (κ1) is 16.8. The van der Waals surface area contributed by atoms with Gasteiger partial charge in [0.05, 0.1) is 11.5 Å². The van der Waals surface area contributed by atoms with E-state index in [2.05, 4.69) is 24.1 Å². The molecule has 0 radical (unpaired) electrons. The van der Waals surface area contributed by atoms with Gasteiger partial charge in [-0.1, -0.05) is 6.07 Å². The van der Waals surface area contributed by atoms with Crippen molar-refractivity contribution in [3.63, 3.8) is 0 Å². The third kappa shape index (κ3) is 4.47. The smallest absolute Gasteiger partial charge is 0.224 e. The summed E-state index contributed by atoms with van der Waals surface area (Å²) in [6.07, 6.45) is 0.857. The molecule has 2 rings (SSSR count). The third-order valence-electron chi connectivity index (χ3n) is 4.11. The molecule has 6 heteroatoms. The van der Waals surface area contributed by atoms with Gasteiger partial charge in [-0.2, -0.15) is 0 Å². The van der Waals surface area contributed by atoms with Crippen LogP contribution in [0.1, 0.15) is 26.7 Å². The van der Waals surface area contributed by atoms with Gasteiger partial charge in [-0.3, -0.25) is 4.79 Å². The Bertz CT molecular complexity index is 641. The van der Waals surface area contributed by atoms with E-state index < -0.39 is 9.84 Å². The molecule has 1 fully saturated rings. The van der Waals surface area contributed by atoms with Crippen molar-refractivity contribution in [2.45, 2.75) is 32.7 Å². The van der Waals surface area contributed by atoms with Crippen molar-refractivity contribution in [2.75, 3.05) is 28.8 Å². The summed E-state index contributed by atoms with van der Waals surface area (Å²) in [7, 11) is -0.919. The van der Waals surface area contributed by atoms with Crippen LogP contribution in [-0.2, 0) is 14.6 Å². The van der Waals surface area contributed by atoms with Gasteiger partial charge >= 0.3 is 0 Å². The van der Waals surface area contributed by atoms with Gasteiger partial charge in [-0.15, -0.1) is 0 Å². The second-order valence-electron chi connectivity index (χ2n) is 6.28. The van der Waals surface area contributed by atoms with E-state index in [0.29, 0.717) is 12.5 Å². The van der Waals surface area contributed by atoms with Gasteiger partial charge in [0, 0.05) is 30.9 Å². The summed E-state index contributed by atoms with van der Waals surface area (Å²) >= 11 is 0. The van der Waals surface area contributed by atoms with E-state index in [1.54, 1.807) is 0 Å². The number of nitrogens with one attached hydrogen (secondary N) is 1. The van der Waals surface area contributed by atoms with E-state index in [0.717, 1.165) is 11.4 Å². The zero-order chi connectivity index (χ0) is 16.3.